The largest absolute Gasteiger partial charge is 0.419 e. The van der Waals surface area contributed by atoms with Gasteiger partial charge in [0.2, 0.25) is 11.9 Å². The molecule has 1 aliphatic heterocycles. The van der Waals surface area contributed by atoms with E-state index in [-0.39, 0.29) is 17.6 Å². The minimum absolute atomic E-state index is 0.0435. The lowest BCUT2D eigenvalue weighted by Gasteiger charge is -2.45. The van der Waals surface area contributed by atoms with Crippen molar-refractivity contribution in [2.45, 2.75) is 43.9 Å². The Hall–Kier alpha value is -2.32. The Labute approximate surface area is 136 Å². The van der Waals surface area contributed by atoms with Gasteiger partial charge in [0.15, 0.2) is 5.82 Å². The number of guanidine groups is 2. The normalized spacial score (nSPS) is 20.8. The van der Waals surface area contributed by atoms with Gasteiger partial charge in [0.1, 0.15) is 5.66 Å². The molecule has 1 aliphatic carbocycles. The van der Waals surface area contributed by atoms with Gasteiger partial charge in [-0.25, -0.2) is 9.38 Å². The van der Waals surface area contributed by atoms with Gasteiger partial charge < -0.3 is 11.5 Å². The highest BCUT2D eigenvalue weighted by molar-refractivity contribution is 6.05. The van der Waals surface area contributed by atoms with Gasteiger partial charge in [0.05, 0.1) is 11.3 Å². The highest BCUT2D eigenvalue weighted by atomic mass is 19.4. The lowest BCUT2D eigenvalue weighted by atomic mass is 9.87. The van der Waals surface area contributed by atoms with E-state index in [1.807, 2.05) is 0 Å². The summed E-state index contributed by atoms with van der Waals surface area (Å²) in [5.74, 6) is -1.58. The molecule has 0 unspecified atom stereocenters. The molecule has 3 rings (SSSR count). The van der Waals surface area contributed by atoms with Crippen molar-refractivity contribution in [3.8, 4) is 0 Å². The van der Waals surface area contributed by atoms with Crippen LogP contribution < -0.4 is 16.4 Å². The maximum atomic E-state index is 14.6. The number of rotatable bonds is 1. The van der Waals surface area contributed by atoms with Crippen LogP contribution in [0.5, 0.6) is 0 Å². The van der Waals surface area contributed by atoms with Crippen molar-refractivity contribution in [2.75, 3.05) is 4.90 Å². The van der Waals surface area contributed by atoms with Crippen molar-refractivity contribution < 1.29 is 17.6 Å². The Bertz CT molecular complexity index is 704. The summed E-state index contributed by atoms with van der Waals surface area (Å²) in [6, 6.07) is 3.09. The number of nitrogens with two attached hydrogens (primary N) is 2. The van der Waals surface area contributed by atoms with Gasteiger partial charge in [-0.2, -0.15) is 18.2 Å². The Kier molecular flexibility index (Phi) is 3.89. The SMILES string of the molecule is NC1=NC2(CCCCC2)N(c2cccc(C(F)(F)F)c2F)C(N)=N1. The van der Waals surface area contributed by atoms with Crippen LogP contribution >= 0.6 is 0 Å². The van der Waals surface area contributed by atoms with E-state index in [0.717, 1.165) is 25.3 Å². The summed E-state index contributed by atoms with van der Waals surface area (Å²) in [5.41, 5.74) is 8.97. The minimum atomic E-state index is -4.80. The summed E-state index contributed by atoms with van der Waals surface area (Å²) in [7, 11) is 0. The van der Waals surface area contributed by atoms with E-state index in [1.54, 1.807) is 0 Å². The lowest BCUT2D eigenvalue weighted by Crippen LogP contribution is -2.58. The first-order valence-corrected chi connectivity index (χ1v) is 7.60. The number of benzene rings is 1. The average Bonchev–Trinajstić information content (AvgIpc) is 2.47. The molecule has 2 aliphatic rings. The fourth-order valence-corrected chi connectivity index (χ4v) is 3.38. The van der Waals surface area contributed by atoms with Crippen molar-refractivity contribution in [1.29, 1.82) is 0 Å². The third kappa shape index (κ3) is 2.67. The van der Waals surface area contributed by atoms with Crippen LogP contribution in [-0.2, 0) is 6.18 Å². The molecule has 24 heavy (non-hydrogen) atoms. The average molecular weight is 343 g/mol. The smallest absolute Gasteiger partial charge is 0.369 e. The molecule has 1 spiro atoms. The summed E-state index contributed by atoms with van der Waals surface area (Å²) in [5, 5.41) is 0. The molecule has 1 heterocycles. The number of aliphatic imine (C=N–C) groups is 2. The van der Waals surface area contributed by atoms with E-state index in [2.05, 4.69) is 9.98 Å². The number of hydrogen-bond donors (Lipinski definition) is 2. The van der Waals surface area contributed by atoms with Crippen LogP contribution in [0.1, 0.15) is 37.7 Å². The third-order valence-electron chi connectivity index (χ3n) is 4.38. The van der Waals surface area contributed by atoms with Crippen molar-refractivity contribution >= 4 is 17.6 Å². The molecule has 1 fully saturated rings. The van der Waals surface area contributed by atoms with Crippen molar-refractivity contribution in [1.82, 2.24) is 0 Å². The molecule has 0 bridgehead atoms. The summed E-state index contributed by atoms with van der Waals surface area (Å²) >= 11 is 0. The second-order valence-corrected chi connectivity index (χ2v) is 5.95. The van der Waals surface area contributed by atoms with Crippen molar-refractivity contribution in [3.63, 3.8) is 0 Å². The molecular formula is C15H17F4N5. The van der Waals surface area contributed by atoms with E-state index >= 15 is 0 Å². The van der Waals surface area contributed by atoms with Gasteiger partial charge in [-0.1, -0.05) is 12.5 Å². The second kappa shape index (κ2) is 5.64. The van der Waals surface area contributed by atoms with Crippen LogP contribution in [0.4, 0.5) is 23.2 Å². The fourth-order valence-electron chi connectivity index (χ4n) is 3.38. The van der Waals surface area contributed by atoms with E-state index in [4.69, 9.17) is 11.5 Å². The lowest BCUT2D eigenvalue weighted by molar-refractivity contribution is -0.139. The number of anilines is 1. The molecule has 0 aromatic heterocycles. The van der Waals surface area contributed by atoms with Crippen LogP contribution in [0.25, 0.3) is 0 Å². The Morgan fingerprint density at radius 3 is 2.38 bits per heavy atom. The van der Waals surface area contributed by atoms with Crippen molar-refractivity contribution in [3.05, 3.63) is 29.6 Å². The quantitative estimate of drug-likeness (QED) is 0.770. The standard InChI is InChI=1S/C15H17F4N5/c16-11-9(15(17,18)19)5-4-6-10(11)24-13(21)22-12(20)23-14(24)7-2-1-3-8-14/h4-6H,1-3,7-8H2,(H4,20,21,22,23). The molecule has 4 N–H and O–H groups in total. The summed E-state index contributed by atoms with van der Waals surface area (Å²) < 4.78 is 53.7. The van der Waals surface area contributed by atoms with E-state index < -0.39 is 23.2 Å². The zero-order chi connectivity index (χ0) is 17.5. The zero-order valence-electron chi connectivity index (χ0n) is 12.8. The molecular weight excluding hydrogens is 326 g/mol. The van der Waals surface area contributed by atoms with Gasteiger partial charge in [0, 0.05) is 0 Å². The van der Waals surface area contributed by atoms with Gasteiger partial charge >= 0.3 is 6.18 Å². The monoisotopic (exact) mass is 343 g/mol. The van der Waals surface area contributed by atoms with Gasteiger partial charge in [-0.3, -0.25) is 4.90 Å². The maximum absolute atomic E-state index is 14.6. The molecule has 130 valence electrons. The van der Waals surface area contributed by atoms with E-state index in [0.29, 0.717) is 18.9 Å². The predicted octanol–water partition coefficient (Wildman–Crippen LogP) is 2.95. The number of nitrogens with zero attached hydrogens (tertiary/aromatic N) is 3. The first-order valence-electron chi connectivity index (χ1n) is 7.60. The topological polar surface area (TPSA) is 80.0 Å². The van der Waals surface area contributed by atoms with Crippen LogP contribution in [0.15, 0.2) is 28.2 Å². The third-order valence-corrected chi connectivity index (χ3v) is 4.38. The minimum Gasteiger partial charge on any atom is -0.369 e. The second-order valence-electron chi connectivity index (χ2n) is 5.95. The highest BCUT2D eigenvalue weighted by Crippen LogP contribution is 2.42. The van der Waals surface area contributed by atoms with E-state index in [9.17, 15) is 17.6 Å². The maximum Gasteiger partial charge on any atom is 0.419 e. The number of hydrogen-bond acceptors (Lipinski definition) is 5. The molecule has 0 amide bonds. The first-order chi connectivity index (χ1) is 11.2. The van der Waals surface area contributed by atoms with Crippen LogP contribution in [0.2, 0.25) is 0 Å². The first kappa shape index (κ1) is 16.5. The summed E-state index contributed by atoms with van der Waals surface area (Å²) in [4.78, 5) is 9.40. The van der Waals surface area contributed by atoms with Gasteiger partial charge in [-0.15, -0.1) is 0 Å². The highest BCUT2D eigenvalue weighted by Gasteiger charge is 2.45. The summed E-state index contributed by atoms with van der Waals surface area (Å²) in [6.07, 6.45) is -1.22. The van der Waals surface area contributed by atoms with Gasteiger partial charge in [-0.05, 0) is 37.8 Å². The molecule has 0 radical (unpaired) electrons. The molecule has 1 aromatic carbocycles. The molecule has 1 saturated carbocycles. The molecule has 5 nitrogen and oxygen atoms in total. The number of alkyl halides is 3. The molecule has 9 heteroatoms. The zero-order valence-corrected chi connectivity index (χ0v) is 12.8. The van der Waals surface area contributed by atoms with Crippen LogP contribution in [0, 0.1) is 5.82 Å². The molecule has 1 aromatic rings. The van der Waals surface area contributed by atoms with Crippen LogP contribution in [-0.4, -0.2) is 17.6 Å². The number of halogens is 4. The predicted molar refractivity (Wildman–Crippen MR) is 82.9 cm³/mol. The fraction of sp³-hybridized carbons (Fsp3) is 0.467. The Morgan fingerprint density at radius 1 is 1.08 bits per heavy atom. The van der Waals surface area contributed by atoms with E-state index in [1.165, 1.54) is 11.0 Å². The Balaban J connectivity index is 2.15. The Morgan fingerprint density at radius 2 is 1.75 bits per heavy atom. The van der Waals surface area contributed by atoms with Gasteiger partial charge in [0.25, 0.3) is 0 Å². The molecule has 0 saturated heterocycles. The summed E-state index contributed by atoms with van der Waals surface area (Å²) in [6.45, 7) is 0. The van der Waals surface area contributed by atoms with Crippen molar-refractivity contribution in [2.24, 2.45) is 21.5 Å². The van der Waals surface area contributed by atoms with Crippen LogP contribution in [0.3, 0.4) is 0 Å². The molecule has 0 atom stereocenters.